The monoisotopic (exact) mass is 624 g/mol. The molecule has 0 aliphatic heterocycles. The Morgan fingerprint density at radius 2 is 1.52 bits per heavy atom. The summed E-state index contributed by atoms with van der Waals surface area (Å²) < 4.78 is 28.9. The maximum Gasteiger partial charge on any atom is 0.323 e. The predicted octanol–water partition coefficient (Wildman–Crippen LogP) is 3.56. The average molecular weight is 625 g/mol. The van der Waals surface area contributed by atoms with E-state index in [9.17, 15) is 27.6 Å². The summed E-state index contributed by atoms with van der Waals surface area (Å²) >= 11 is 0. The number of benzene rings is 3. The number of para-hydroxylation sites is 1. The quantitative estimate of drug-likeness (QED) is 0.260. The third kappa shape index (κ3) is 9.83. The van der Waals surface area contributed by atoms with Crippen LogP contribution < -0.4 is 15.4 Å². The smallest absolute Gasteiger partial charge is 0.323 e. The highest BCUT2D eigenvalue weighted by molar-refractivity contribution is 7.90. The summed E-state index contributed by atoms with van der Waals surface area (Å²) in [6, 6.07) is 17.8. The van der Waals surface area contributed by atoms with Gasteiger partial charge in [0.05, 0.1) is 37.1 Å². The van der Waals surface area contributed by atoms with Gasteiger partial charge in [-0.2, -0.15) is 0 Å². The number of rotatable bonds is 13. The molecule has 0 fully saturated rings. The minimum absolute atomic E-state index is 0.0429. The molecule has 13 heteroatoms. The van der Waals surface area contributed by atoms with Crippen LogP contribution in [0.3, 0.4) is 0 Å². The molecule has 0 aromatic heterocycles. The summed E-state index contributed by atoms with van der Waals surface area (Å²) in [5.74, 6) is -1.57. The number of aryl methyl sites for hydroxylation is 1. The Hall–Kier alpha value is -4.91. The first-order valence-electron chi connectivity index (χ1n) is 13.6. The zero-order valence-corrected chi connectivity index (χ0v) is 25.8. The van der Waals surface area contributed by atoms with Crippen molar-refractivity contribution in [2.45, 2.75) is 31.2 Å². The number of aliphatic carboxylic acids is 1. The molecule has 0 radical (unpaired) electrons. The normalized spacial score (nSPS) is 10.9. The maximum absolute atomic E-state index is 13.1. The van der Waals surface area contributed by atoms with Gasteiger partial charge in [0.25, 0.3) is 0 Å². The number of methoxy groups -OCH3 is 1. The first-order chi connectivity index (χ1) is 20.8. The van der Waals surface area contributed by atoms with Gasteiger partial charge < -0.3 is 30.3 Å². The molecule has 234 valence electrons. The van der Waals surface area contributed by atoms with Gasteiger partial charge in [-0.15, -0.1) is 0 Å². The van der Waals surface area contributed by atoms with Crippen LogP contribution in [0, 0.1) is 6.92 Å². The molecule has 0 spiro atoms. The lowest BCUT2D eigenvalue weighted by atomic mass is 10.1. The molecule has 0 saturated carbocycles. The van der Waals surface area contributed by atoms with Crippen molar-refractivity contribution in [3.8, 4) is 5.75 Å². The van der Waals surface area contributed by atoms with E-state index in [4.69, 9.17) is 9.84 Å². The lowest BCUT2D eigenvalue weighted by Gasteiger charge is -2.25. The molecular weight excluding hydrogens is 588 g/mol. The predicted molar refractivity (Wildman–Crippen MR) is 165 cm³/mol. The van der Waals surface area contributed by atoms with E-state index in [-0.39, 0.29) is 43.3 Å². The number of anilines is 2. The molecular formula is C31H36N4O8S. The summed E-state index contributed by atoms with van der Waals surface area (Å²) in [5.41, 5.74) is 3.16. The summed E-state index contributed by atoms with van der Waals surface area (Å²) in [5, 5.41) is 14.7. The number of urea groups is 1. The number of sulfone groups is 1. The number of carbonyl (C=O) groups is 4. The summed E-state index contributed by atoms with van der Waals surface area (Å²) in [6.45, 7) is 1.53. The van der Waals surface area contributed by atoms with Crippen molar-refractivity contribution >= 4 is 45.0 Å². The van der Waals surface area contributed by atoms with Gasteiger partial charge in [0.1, 0.15) is 5.75 Å². The fourth-order valence-corrected chi connectivity index (χ4v) is 4.85. The molecule has 0 aliphatic carbocycles. The number of likely N-dealkylation sites (N-methyl/N-ethyl adjacent to an activating group) is 1. The zero-order chi connectivity index (χ0) is 32.4. The van der Waals surface area contributed by atoms with E-state index in [2.05, 4.69) is 10.6 Å². The fourth-order valence-electron chi connectivity index (χ4n) is 4.22. The lowest BCUT2D eigenvalue weighted by molar-refractivity contribution is -0.141. The number of carbonyl (C=O) groups excluding carboxylic acids is 3. The van der Waals surface area contributed by atoms with E-state index < -0.39 is 27.7 Å². The standard InChI is InChI=1S/C31H36N4O8S/c1-21-7-5-6-8-25(21)32-31(40)33-26-14-11-23(17-27(26)43-3)18-28(36)34(2)20-29(37)35(16-15-30(38)39)19-22-9-12-24(13-10-22)44(4,41)42/h5-14,17H,15-16,18-20H2,1-4H3,(H,38,39)(H2,32,33,40). The van der Waals surface area contributed by atoms with Crippen LogP contribution in [0.25, 0.3) is 0 Å². The first kappa shape index (κ1) is 33.6. The van der Waals surface area contributed by atoms with Crippen molar-refractivity contribution in [2.75, 3.05) is 44.1 Å². The second kappa shape index (κ2) is 15.0. The molecule has 0 heterocycles. The highest BCUT2D eigenvalue weighted by Gasteiger charge is 2.21. The number of ether oxygens (including phenoxy) is 1. The molecule has 3 rings (SSSR count). The van der Waals surface area contributed by atoms with E-state index in [0.717, 1.165) is 11.8 Å². The zero-order valence-electron chi connectivity index (χ0n) is 25.0. The van der Waals surface area contributed by atoms with Gasteiger partial charge in [-0.3, -0.25) is 14.4 Å². The Morgan fingerprint density at radius 3 is 2.14 bits per heavy atom. The number of hydrogen-bond acceptors (Lipinski definition) is 7. The molecule has 44 heavy (non-hydrogen) atoms. The van der Waals surface area contributed by atoms with Gasteiger partial charge in [0.15, 0.2) is 9.84 Å². The molecule has 0 aliphatic rings. The SMILES string of the molecule is COc1cc(CC(=O)N(C)CC(=O)N(CCC(=O)O)Cc2ccc(S(C)(=O)=O)cc2)ccc1NC(=O)Nc1ccccc1C. The average Bonchev–Trinajstić information content (AvgIpc) is 2.96. The largest absolute Gasteiger partial charge is 0.495 e. The van der Waals surface area contributed by atoms with Gasteiger partial charge in [-0.1, -0.05) is 36.4 Å². The molecule has 4 amide bonds. The van der Waals surface area contributed by atoms with Crippen molar-refractivity contribution in [1.29, 1.82) is 0 Å². The topological polar surface area (TPSA) is 162 Å². The maximum atomic E-state index is 13.1. The number of nitrogens with one attached hydrogen (secondary N) is 2. The number of carboxylic acid groups (broad SMARTS) is 1. The summed E-state index contributed by atoms with van der Waals surface area (Å²) in [7, 11) is -0.482. The second-order valence-electron chi connectivity index (χ2n) is 10.2. The Balaban J connectivity index is 1.63. The van der Waals surface area contributed by atoms with E-state index in [1.54, 1.807) is 36.4 Å². The van der Waals surface area contributed by atoms with Crippen molar-refractivity contribution in [1.82, 2.24) is 9.80 Å². The fraction of sp³-hybridized carbons (Fsp3) is 0.290. The molecule has 0 saturated heterocycles. The van der Waals surface area contributed by atoms with Gasteiger partial charge in [-0.05, 0) is 53.9 Å². The number of nitrogens with zero attached hydrogens (tertiary/aromatic N) is 2. The van der Waals surface area contributed by atoms with Crippen molar-refractivity contribution in [3.05, 3.63) is 83.4 Å². The number of amides is 4. The summed E-state index contributed by atoms with van der Waals surface area (Å²) in [4.78, 5) is 52.6. The van der Waals surface area contributed by atoms with E-state index in [1.165, 1.54) is 36.1 Å². The molecule has 0 unspecified atom stereocenters. The molecule has 12 nitrogen and oxygen atoms in total. The molecule has 0 atom stereocenters. The highest BCUT2D eigenvalue weighted by Crippen LogP contribution is 2.26. The minimum Gasteiger partial charge on any atom is -0.495 e. The second-order valence-corrected chi connectivity index (χ2v) is 12.2. The van der Waals surface area contributed by atoms with Crippen LogP contribution in [0.2, 0.25) is 0 Å². The van der Waals surface area contributed by atoms with Gasteiger partial charge in [0.2, 0.25) is 11.8 Å². The van der Waals surface area contributed by atoms with Crippen LogP contribution >= 0.6 is 0 Å². The van der Waals surface area contributed by atoms with Gasteiger partial charge >= 0.3 is 12.0 Å². The minimum atomic E-state index is -3.39. The van der Waals surface area contributed by atoms with Gasteiger partial charge in [-0.25, -0.2) is 13.2 Å². The molecule has 3 aromatic rings. The number of carboxylic acids is 1. The van der Waals surface area contributed by atoms with Crippen LogP contribution in [0.5, 0.6) is 5.75 Å². The summed E-state index contributed by atoms with van der Waals surface area (Å²) in [6.07, 6.45) is 0.733. The van der Waals surface area contributed by atoms with E-state index >= 15 is 0 Å². The van der Waals surface area contributed by atoms with Crippen LogP contribution in [0.1, 0.15) is 23.1 Å². The third-order valence-corrected chi connectivity index (χ3v) is 7.86. The van der Waals surface area contributed by atoms with Crippen LogP contribution in [-0.2, 0) is 37.2 Å². The molecule has 3 aromatic carbocycles. The van der Waals surface area contributed by atoms with Crippen LogP contribution in [-0.4, -0.2) is 80.6 Å². The molecule has 3 N–H and O–H groups in total. The number of hydrogen-bond donors (Lipinski definition) is 3. The Bertz CT molecular complexity index is 1620. The van der Waals surface area contributed by atoms with Crippen LogP contribution in [0.4, 0.5) is 16.2 Å². The van der Waals surface area contributed by atoms with E-state index in [0.29, 0.717) is 28.3 Å². The van der Waals surface area contributed by atoms with Crippen molar-refractivity contribution in [3.63, 3.8) is 0 Å². The lowest BCUT2D eigenvalue weighted by Crippen LogP contribution is -2.42. The van der Waals surface area contributed by atoms with Crippen LogP contribution in [0.15, 0.2) is 71.6 Å². The molecule has 0 bridgehead atoms. The van der Waals surface area contributed by atoms with Gasteiger partial charge in [0, 0.05) is 32.1 Å². The Kier molecular flexibility index (Phi) is 11.5. The van der Waals surface area contributed by atoms with E-state index in [1.807, 2.05) is 25.1 Å². The third-order valence-electron chi connectivity index (χ3n) is 6.73. The Morgan fingerprint density at radius 1 is 0.886 bits per heavy atom. The van der Waals surface area contributed by atoms with Crippen molar-refractivity contribution in [2.24, 2.45) is 0 Å². The first-order valence-corrected chi connectivity index (χ1v) is 15.5. The highest BCUT2D eigenvalue weighted by atomic mass is 32.2. The Labute approximate surface area is 256 Å². The van der Waals surface area contributed by atoms with Crippen molar-refractivity contribution < 1.29 is 37.4 Å².